The van der Waals surface area contributed by atoms with E-state index in [4.69, 9.17) is 23.3 Å². The Balaban J connectivity index is 4.70. The van der Waals surface area contributed by atoms with Crippen LogP contribution >= 0.6 is 7.82 Å². The molecule has 0 aliphatic heterocycles. The number of carbonyl (C=O) groups excluding carboxylic acids is 3. The first-order valence-corrected chi connectivity index (χ1v) is 26.1. The number of carbonyl (C=O) groups is 3. The van der Waals surface area contributed by atoms with Gasteiger partial charge in [0.05, 0.1) is 19.8 Å². The molecule has 0 spiro atoms. The van der Waals surface area contributed by atoms with Crippen LogP contribution in [0, 0.1) is 0 Å². The summed E-state index contributed by atoms with van der Waals surface area (Å²) in [5, 5.41) is 9.73. The highest BCUT2D eigenvalue weighted by Gasteiger charge is 2.28. The van der Waals surface area contributed by atoms with Gasteiger partial charge in [-0.2, -0.15) is 0 Å². The minimum absolute atomic E-state index is 0.172. The fraction of sp³-hybridized carbons (Fsp3) is 0.896. The SMILES string of the molecule is CCCC/C=C\CCCCCCCC(=O)OC(CO)COP(=O)(O)OCC(COC(=O)CCCCCCCCCCC)OC(=O)CCCCCCCCCCCCCCC. The van der Waals surface area contributed by atoms with Crippen molar-refractivity contribution in [3.63, 3.8) is 0 Å². The Morgan fingerprint density at radius 3 is 1.20 bits per heavy atom. The van der Waals surface area contributed by atoms with Crippen molar-refractivity contribution < 1.29 is 52.2 Å². The molecule has 0 aromatic heterocycles. The number of ether oxygens (including phenoxy) is 3. The van der Waals surface area contributed by atoms with Gasteiger partial charge in [0.15, 0.2) is 6.10 Å². The van der Waals surface area contributed by atoms with Crippen LogP contribution in [0.5, 0.6) is 0 Å². The first-order valence-electron chi connectivity index (χ1n) is 24.6. The topological polar surface area (TPSA) is 155 Å². The molecule has 3 unspecified atom stereocenters. The van der Waals surface area contributed by atoms with E-state index < -0.39 is 57.8 Å². The lowest BCUT2D eigenvalue weighted by Gasteiger charge is -2.21. The molecule has 0 saturated carbocycles. The van der Waals surface area contributed by atoms with Crippen LogP contribution in [-0.4, -0.2) is 66.5 Å². The Bertz CT molecular complexity index is 1070. The van der Waals surface area contributed by atoms with Gasteiger partial charge in [-0.05, 0) is 38.5 Å². The third-order valence-corrected chi connectivity index (χ3v) is 11.6. The maximum absolute atomic E-state index is 12.8. The van der Waals surface area contributed by atoms with Gasteiger partial charge in [0.1, 0.15) is 12.7 Å². The van der Waals surface area contributed by atoms with E-state index in [1.807, 2.05) is 0 Å². The Hall–Kier alpha value is -1.78. The van der Waals surface area contributed by atoms with Gasteiger partial charge < -0.3 is 24.2 Å². The van der Waals surface area contributed by atoms with Crippen LogP contribution in [0.15, 0.2) is 12.2 Å². The molecule has 0 radical (unpaired) electrons. The summed E-state index contributed by atoms with van der Waals surface area (Å²) in [4.78, 5) is 48.0. The maximum atomic E-state index is 12.8. The fourth-order valence-electron chi connectivity index (χ4n) is 6.87. The highest BCUT2D eigenvalue weighted by atomic mass is 31.2. The van der Waals surface area contributed by atoms with Crippen LogP contribution in [0.2, 0.25) is 0 Å². The summed E-state index contributed by atoms with van der Waals surface area (Å²) in [6, 6.07) is 0. The van der Waals surface area contributed by atoms with Crippen LogP contribution in [0.4, 0.5) is 0 Å². The summed E-state index contributed by atoms with van der Waals surface area (Å²) in [7, 11) is -4.72. The summed E-state index contributed by atoms with van der Waals surface area (Å²) in [6.45, 7) is 4.57. The summed E-state index contributed by atoms with van der Waals surface area (Å²) in [5.41, 5.74) is 0. The average molecular weight is 875 g/mol. The van der Waals surface area contributed by atoms with E-state index >= 15 is 0 Å². The monoisotopic (exact) mass is 875 g/mol. The zero-order valence-corrected chi connectivity index (χ0v) is 39.6. The molecular formula is C48H91O11P. The Labute approximate surface area is 366 Å². The van der Waals surface area contributed by atoms with Gasteiger partial charge in [0, 0.05) is 19.3 Å². The molecule has 0 saturated heterocycles. The second-order valence-corrected chi connectivity index (χ2v) is 18.1. The van der Waals surface area contributed by atoms with Crippen molar-refractivity contribution in [2.24, 2.45) is 0 Å². The minimum Gasteiger partial charge on any atom is -0.462 e. The van der Waals surface area contributed by atoms with E-state index in [0.717, 1.165) is 77.0 Å². The van der Waals surface area contributed by atoms with Gasteiger partial charge >= 0.3 is 25.7 Å². The first kappa shape index (κ1) is 58.2. The van der Waals surface area contributed by atoms with Crippen LogP contribution in [0.1, 0.15) is 239 Å². The number of hydrogen-bond acceptors (Lipinski definition) is 10. The molecule has 2 N–H and O–H groups in total. The lowest BCUT2D eigenvalue weighted by molar-refractivity contribution is -0.161. The van der Waals surface area contributed by atoms with Crippen LogP contribution < -0.4 is 0 Å². The van der Waals surface area contributed by atoms with Crippen molar-refractivity contribution in [1.29, 1.82) is 0 Å². The molecule has 0 bridgehead atoms. The van der Waals surface area contributed by atoms with Crippen molar-refractivity contribution in [2.45, 2.75) is 251 Å². The van der Waals surface area contributed by atoms with E-state index in [2.05, 4.69) is 32.9 Å². The van der Waals surface area contributed by atoms with Crippen molar-refractivity contribution in [1.82, 2.24) is 0 Å². The van der Waals surface area contributed by atoms with E-state index in [1.165, 1.54) is 103 Å². The third kappa shape index (κ3) is 41.6. The molecule has 0 aliphatic carbocycles. The van der Waals surface area contributed by atoms with Gasteiger partial charge in [-0.1, -0.05) is 193 Å². The van der Waals surface area contributed by atoms with Gasteiger partial charge in [0.2, 0.25) is 0 Å². The Morgan fingerprint density at radius 2 is 0.783 bits per heavy atom. The molecule has 11 nitrogen and oxygen atoms in total. The number of phosphoric acid groups is 1. The molecule has 0 rings (SSSR count). The molecule has 0 amide bonds. The predicted molar refractivity (Wildman–Crippen MR) is 243 cm³/mol. The van der Waals surface area contributed by atoms with Gasteiger partial charge in [0.25, 0.3) is 0 Å². The lowest BCUT2D eigenvalue weighted by atomic mass is 10.0. The molecular weight excluding hydrogens is 783 g/mol. The third-order valence-electron chi connectivity index (χ3n) is 10.7. The van der Waals surface area contributed by atoms with Crippen LogP contribution in [-0.2, 0) is 42.2 Å². The van der Waals surface area contributed by atoms with E-state index in [9.17, 15) is 28.9 Å². The molecule has 0 aromatic rings. The summed E-state index contributed by atoms with van der Waals surface area (Å²) in [5.74, 6) is -1.46. The van der Waals surface area contributed by atoms with Crippen molar-refractivity contribution in [3.8, 4) is 0 Å². The van der Waals surface area contributed by atoms with Crippen LogP contribution in [0.3, 0.4) is 0 Å². The molecule has 12 heteroatoms. The fourth-order valence-corrected chi connectivity index (χ4v) is 7.65. The van der Waals surface area contributed by atoms with Gasteiger partial charge in [-0.3, -0.25) is 23.4 Å². The van der Waals surface area contributed by atoms with Crippen LogP contribution in [0.25, 0.3) is 0 Å². The zero-order chi connectivity index (χ0) is 44.2. The second kappa shape index (κ2) is 43.9. The Kier molecular flexibility index (Phi) is 42.6. The molecule has 0 aromatic carbocycles. The number of esters is 3. The summed E-state index contributed by atoms with van der Waals surface area (Å²) < 4.78 is 39.2. The number of rotatable bonds is 46. The predicted octanol–water partition coefficient (Wildman–Crippen LogP) is 13.4. The van der Waals surface area contributed by atoms with Crippen molar-refractivity contribution in [3.05, 3.63) is 12.2 Å². The number of aliphatic hydroxyl groups is 1. The minimum atomic E-state index is -4.72. The number of phosphoric ester groups is 1. The highest BCUT2D eigenvalue weighted by Crippen LogP contribution is 2.43. The molecule has 60 heavy (non-hydrogen) atoms. The van der Waals surface area contributed by atoms with Gasteiger partial charge in [-0.25, -0.2) is 4.57 Å². The highest BCUT2D eigenvalue weighted by molar-refractivity contribution is 7.47. The molecule has 3 atom stereocenters. The molecule has 0 heterocycles. The molecule has 0 fully saturated rings. The lowest BCUT2D eigenvalue weighted by Crippen LogP contribution is -2.30. The normalized spacial score (nSPS) is 13.6. The standard InChI is InChI=1S/C48H91O11P/c1-4-7-10-13-16-19-21-22-24-27-30-33-36-39-48(52)59-45(41-55-46(50)37-34-31-28-25-18-15-12-9-6-3)43-57-60(53,54)56-42-44(40-49)58-47(51)38-35-32-29-26-23-20-17-14-11-8-5-2/h14,17,44-45,49H,4-13,15-16,18-43H2,1-3H3,(H,53,54)/b17-14-. The summed E-state index contributed by atoms with van der Waals surface area (Å²) in [6.07, 6.45) is 37.6. The van der Waals surface area contributed by atoms with Gasteiger partial charge in [-0.15, -0.1) is 0 Å². The number of allylic oxidation sites excluding steroid dienone is 2. The maximum Gasteiger partial charge on any atom is 0.472 e. The smallest absolute Gasteiger partial charge is 0.462 e. The molecule has 0 aliphatic rings. The van der Waals surface area contributed by atoms with E-state index in [-0.39, 0.29) is 25.9 Å². The summed E-state index contributed by atoms with van der Waals surface area (Å²) >= 11 is 0. The second-order valence-electron chi connectivity index (χ2n) is 16.6. The largest absolute Gasteiger partial charge is 0.472 e. The average Bonchev–Trinajstić information content (AvgIpc) is 3.23. The number of aliphatic hydroxyl groups excluding tert-OH is 1. The van der Waals surface area contributed by atoms with Crippen molar-refractivity contribution in [2.75, 3.05) is 26.4 Å². The Morgan fingerprint density at radius 1 is 0.450 bits per heavy atom. The zero-order valence-electron chi connectivity index (χ0n) is 38.7. The quantitative estimate of drug-likeness (QED) is 0.0197. The number of unbranched alkanes of at least 4 members (excludes halogenated alkanes) is 27. The number of hydrogen-bond donors (Lipinski definition) is 2. The first-order chi connectivity index (χ1) is 29.2. The van der Waals surface area contributed by atoms with Crippen molar-refractivity contribution >= 4 is 25.7 Å². The van der Waals surface area contributed by atoms with E-state index in [0.29, 0.717) is 19.3 Å². The molecule has 354 valence electrons. The van der Waals surface area contributed by atoms with E-state index in [1.54, 1.807) is 0 Å².